The molecule has 88 valence electrons. The van der Waals surface area contributed by atoms with Gasteiger partial charge in [0.1, 0.15) is 5.75 Å². The second-order valence-electron chi connectivity index (χ2n) is 5.00. The third kappa shape index (κ3) is 2.22. The number of nitrogens with one attached hydrogen (secondary N) is 1. The Labute approximate surface area is 98.0 Å². The van der Waals surface area contributed by atoms with Crippen molar-refractivity contribution in [3.63, 3.8) is 0 Å². The van der Waals surface area contributed by atoms with Crippen molar-refractivity contribution in [2.24, 2.45) is 0 Å². The maximum atomic E-state index is 5.29. The van der Waals surface area contributed by atoms with Crippen LogP contribution in [0.25, 0.3) is 0 Å². The molecule has 16 heavy (non-hydrogen) atoms. The van der Waals surface area contributed by atoms with Crippen LogP contribution in [0.4, 0.5) is 0 Å². The van der Waals surface area contributed by atoms with Gasteiger partial charge >= 0.3 is 0 Å². The summed E-state index contributed by atoms with van der Waals surface area (Å²) in [6.45, 7) is 4.55. The molecule has 2 heteroatoms. The highest BCUT2D eigenvalue weighted by atomic mass is 16.5. The third-order valence-corrected chi connectivity index (χ3v) is 3.59. The van der Waals surface area contributed by atoms with E-state index in [0.717, 1.165) is 5.75 Å². The Morgan fingerprint density at radius 1 is 1.44 bits per heavy atom. The van der Waals surface area contributed by atoms with Crippen molar-refractivity contribution in [1.82, 2.24) is 5.32 Å². The molecule has 1 fully saturated rings. The molecule has 2 unspecified atom stereocenters. The van der Waals surface area contributed by atoms with Gasteiger partial charge in [0.25, 0.3) is 0 Å². The van der Waals surface area contributed by atoms with Crippen LogP contribution < -0.4 is 10.1 Å². The Bertz CT molecular complexity index is 364. The molecule has 1 aliphatic rings. The number of methoxy groups -OCH3 is 1. The second kappa shape index (κ2) is 4.46. The van der Waals surface area contributed by atoms with Crippen LogP contribution in [-0.4, -0.2) is 13.2 Å². The van der Waals surface area contributed by atoms with Gasteiger partial charge in [0.05, 0.1) is 7.11 Å². The summed E-state index contributed by atoms with van der Waals surface area (Å²) in [6.07, 6.45) is 3.77. The van der Waals surface area contributed by atoms with Crippen molar-refractivity contribution in [3.8, 4) is 5.75 Å². The number of ether oxygens (including phenoxy) is 1. The first-order chi connectivity index (χ1) is 7.64. The molecule has 1 N–H and O–H groups in total. The normalized spacial score (nSPS) is 30.1. The first kappa shape index (κ1) is 11.5. The molecule has 2 rings (SSSR count). The van der Waals surface area contributed by atoms with Gasteiger partial charge in [0, 0.05) is 11.6 Å². The predicted molar refractivity (Wildman–Crippen MR) is 66.8 cm³/mol. The lowest BCUT2D eigenvalue weighted by molar-refractivity contribution is 0.235. The molecule has 0 radical (unpaired) electrons. The van der Waals surface area contributed by atoms with Crippen LogP contribution in [-0.2, 0) is 5.54 Å². The quantitative estimate of drug-likeness (QED) is 0.825. The summed E-state index contributed by atoms with van der Waals surface area (Å²) in [4.78, 5) is 0. The van der Waals surface area contributed by atoms with Crippen LogP contribution in [0.1, 0.15) is 38.7 Å². The first-order valence-corrected chi connectivity index (χ1v) is 6.06. The maximum Gasteiger partial charge on any atom is 0.119 e. The third-order valence-electron chi connectivity index (χ3n) is 3.59. The van der Waals surface area contributed by atoms with Gasteiger partial charge in [-0.2, -0.15) is 0 Å². The van der Waals surface area contributed by atoms with Crippen LogP contribution in [0.3, 0.4) is 0 Å². The van der Waals surface area contributed by atoms with E-state index >= 15 is 0 Å². The molecular formula is C14H21NO. The number of rotatable bonds is 2. The van der Waals surface area contributed by atoms with Gasteiger partial charge < -0.3 is 10.1 Å². The molecular weight excluding hydrogens is 198 g/mol. The van der Waals surface area contributed by atoms with E-state index in [2.05, 4.69) is 37.4 Å². The van der Waals surface area contributed by atoms with Crippen LogP contribution in [0.2, 0.25) is 0 Å². The summed E-state index contributed by atoms with van der Waals surface area (Å²) in [5.74, 6) is 0.943. The van der Waals surface area contributed by atoms with Crippen molar-refractivity contribution in [1.29, 1.82) is 0 Å². The molecule has 0 saturated carbocycles. The Morgan fingerprint density at radius 3 is 2.94 bits per heavy atom. The minimum Gasteiger partial charge on any atom is -0.497 e. The number of hydrogen-bond donors (Lipinski definition) is 1. The van der Waals surface area contributed by atoms with Crippen molar-refractivity contribution < 1.29 is 4.74 Å². The minimum atomic E-state index is 0.103. The zero-order valence-corrected chi connectivity index (χ0v) is 10.4. The van der Waals surface area contributed by atoms with Crippen molar-refractivity contribution in [2.45, 2.75) is 44.7 Å². The molecule has 0 amide bonds. The van der Waals surface area contributed by atoms with E-state index in [1.807, 2.05) is 6.07 Å². The lowest BCUT2D eigenvalue weighted by atomic mass is 9.82. The van der Waals surface area contributed by atoms with E-state index in [-0.39, 0.29) is 5.54 Å². The smallest absolute Gasteiger partial charge is 0.119 e. The van der Waals surface area contributed by atoms with Gasteiger partial charge in [-0.3, -0.25) is 0 Å². The number of piperidine rings is 1. The Hall–Kier alpha value is -1.02. The second-order valence-corrected chi connectivity index (χ2v) is 5.00. The Kier molecular flexibility index (Phi) is 3.20. The highest BCUT2D eigenvalue weighted by molar-refractivity contribution is 5.33. The van der Waals surface area contributed by atoms with Crippen LogP contribution in [0.5, 0.6) is 5.75 Å². The minimum absolute atomic E-state index is 0.103. The van der Waals surface area contributed by atoms with Crippen molar-refractivity contribution >= 4 is 0 Å². The van der Waals surface area contributed by atoms with Gasteiger partial charge in [-0.1, -0.05) is 12.1 Å². The molecule has 1 aromatic carbocycles. The van der Waals surface area contributed by atoms with E-state index in [0.29, 0.717) is 6.04 Å². The molecule has 1 heterocycles. The SMILES string of the molecule is COc1cccc(C2(C)CCCC(C)N2)c1. The fraction of sp³-hybridized carbons (Fsp3) is 0.571. The highest BCUT2D eigenvalue weighted by Gasteiger charge is 2.31. The van der Waals surface area contributed by atoms with Crippen molar-refractivity contribution in [2.75, 3.05) is 7.11 Å². The molecule has 0 bridgehead atoms. The topological polar surface area (TPSA) is 21.3 Å². The van der Waals surface area contributed by atoms with E-state index in [1.54, 1.807) is 7.11 Å². The largest absolute Gasteiger partial charge is 0.497 e. The van der Waals surface area contributed by atoms with E-state index in [1.165, 1.54) is 24.8 Å². The lowest BCUT2D eigenvalue weighted by Gasteiger charge is -2.39. The standard InChI is InChI=1S/C14H21NO/c1-11-6-5-9-14(2,15-11)12-7-4-8-13(10-12)16-3/h4,7-8,10-11,15H,5-6,9H2,1-3H3. The average Bonchev–Trinajstić information content (AvgIpc) is 2.29. The molecule has 0 spiro atoms. The molecule has 1 saturated heterocycles. The predicted octanol–water partition coefficient (Wildman–Crippen LogP) is 3.07. The zero-order valence-electron chi connectivity index (χ0n) is 10.4. The first-order valence-electron chi connectivity index (χ1n) is 6.06. The Balaban J connectivity index is 2.27. The molecule has 0 aliphatic carbocycles. The van der Waals surface area contributed by atoms with E-state index < -0.39 is 0 Å². The van der Waals surface area contributed by atoms with Crippen molar-refractivity contribution in [3.05, 3.63) is 29.8 Å². The molecule has 1 aromatic rings. The Morgan fingerprint density at radius 2 is 2.25 bits per heavy atom. The molecule has 2 nitrogen and oxygen atoms in total. The number of hydrogen-bond acceptors (Lipinski definition) is 2. The molecule has 1 aliphatic heterocycles. The molecule has 0 aromatic heterocycles. The summed E-state index contributed by atoms with van der Waals surface area (Å²) in [7, 11) is 1.72. The van der Waals surface area contributed by atoms with Crippen LogP contribution in [0.15, 0.2) is 24.3 Å². The average molecular weight is 219 g/mol. The maximum absolute atomic E-state index is 5.29. The summed E-state index contributed by atoms with van der Waals surface area (Å²) >= 11 is 0. The van der Waals surface area contributed by atoms with Crippen LogP contribution in [0, 0.1) is 0 Å². The molecule has 2 atom stereocenters. The number of benzene rings is 1. The van der Waals surface area contributed by atoms with Gasteiger partial charge in [-0.15, -0.1) is 0 Å². The fourth-order valence-electron chi connectivity index (χ4n) is 2.64. The summed E-state index contributed by atoms with van der Waals surface area (Å²) in [5, 5.41) is 3.70. The summed E-state index contributed by atoms with van der Waals surface area (Å²) in [6, 6.07) is 9.00. The van der Waals surface area contributed by atoms with E-state index in [4.69, 9.17) is 4.74 Å². The zero-order chi connectivity index (χ0) is 11.6. The van der Waals surface area contributed by atoms with E-state index in [9.17, 15) is 0 Å². The van der Waals surface area contributed by atoms with Gasteiger partial charge in [0.15, 0.2) is 0 Å². The van der Waals surface area contributed by atoms with Gasteiger partial charge in [-0.05, 0) is 50.8 Å². The summed E-state index contributed by atoms with van der Waals surface area (Å²) < 4.78 is 5.29. The van der Waals surface area contributed by atoms with Gasteiger partial charge in [-0.25, -0.2) is 0 Å². The van der Waals surface area contributed by atoms with Gasteiger partial charge in [0.2, 0.25) is 0 Å². The highest BCUT2D eigenvalue weighted by Crippen LogP contribution is 2.33. The van der Waals surface area contributed by atoms with Crippen LogP contribution >= 0.6 is 0 Å². The lowest BCUT2D eigenvalue weighted by Crippen LogP contribution is -2.48. The summed E-state index contributed by atoms with van der Waals surface area (Å²) in [5.41, 5.74) is 1.44. The monoisotopic (exact) mass is 219 g/mol. The fourth-order valence-corrected chi connectivity index (χ4v) is 2.64.